The number of ether oxygens (including phenoxy) is 3. The second kappa shape index (κ2) is 9.91. The molecule has 3 aliphatic heterocycles. The topological polar surface area (TPSA) is 97.4 Å². The van der Waals surface area contributed by atoms with Gasteiger partial charge in [0.25, 0.3) is 0 Å². The lowest BCUT2D eigenvalue weighted by Crippen LogP contribution is -2.40. The first-order chi connectivity index (χ1) is 18.4. The average Bonchev–Trinajstić information content (AvgIpc) is 3.58. The number of rotatable bonds is 8. The highest BCUT2D eigenvalue weighted by molar-refractivity contribution is 7.89. The normalized spacial score (nSPS) is 20.0. The maximum Gasteiger partial charge on any atom is 0.243 e. The predicted octanol–water partition coefficient (Wildman–Crippen LogP) is 2.49. The van der Waals surface area contributed by atoms with Gasteiger partial charge in [0.15, 0.2) is 11.5 Å². The molecule has 202 valence electrons. The summed E-state index contributed by atoms with van der Waals surface area (Å²) in [5.74, 6) is 2.14. The highest BCUT2D eigenvalue weighted by Gasteiger charge is 2.39. The van der Waals surface area contributed by atoms with E-state index in [0.717, 1.165) is 35.3 Å². The molecule has 1 aliphatic carbocycles. The Labute approximate surface area is 223 Å². The Hall–Kier alpha value is -3.08. The van der Waals surface area contributed by atoms with Crippen LogP contribution in [0.5, 0.6) is 17.2 Å². The molecule has 0 radical (unpaired) electrons. The number of hydrogen-bond donors (Lipinski definition) is 1. The molecule has 1 N–H and O–H groups in total. The molecule has 1 atom stereocenters. The summed E-state index contributed by atoms with van der Waals surface area (Å²) in [7, 11) is -0.161. The Bertz CT molecular complexity index is 1380. The van der Waals surface area contributed by atoms with Crippen LogP contribution in [0.15, 0.2) is 52.4 Å². The highest BCUT2D eigenvalue weighted by Crippen LogP contribution is 2.45. The molecule has 1 fully saturated rings. The standard InChI is InChI=1S/C28H33N3O6S/c1-29-13-24(19-5-7-25(35-2)23(11-19)18-3-4-18)28(32)30-14-20-16-31(17-21(20)15-30)38(33,34)22-6-8-26-27(12-22)37-10-9-36-26/h5-8,11-12,18,24,29H,3-4,9-10,13-17H2,1-2H3. The van der Waals surface area contributed by atoms with E-state index in [1.807, 2.05) is 24.1 Å². The summed E-state index contributed by atoms with van der Waals surface area (Å²) in [5, 5.41) is 3.18. The van der Waals surface area contributed by atoms with Crippen LogP contribution in [0.1, 0.15) is 35.8 Å². The Kier molecular flexibility index (Phi) is 6.57. The second-order valence-corrected chi connectivity index (χ2v) is 12.3. The predicted molar refractivity (Wildman–Crippen MR) is 141 cm³/mol. The van der Waals surface area contributed by atoms with Crippen molar-refractivity contribution < 1.29 is 27.4 Å². The number of amides is 1. The molecule has 0 bridgehead atoms. The first-order valence-electron chi connectivity index (χ1n) is 13.1. The van der Waals surface area contributed by atoms with E-state index in [4.69, 9.17) is 14.2 Å². The molecule has 0 spiro atoms. The molecule has 9 nitrogen and oxygen atoms in total. The fourth-order valence-corrected chi connectivity index (χ4v) is 7.11. The van der Waals surface area contributed by atoms with Gasteiger partial charge in [0, 0.05) is 38.8 Å². The molecular weight excluding hydrogens is 506 g/mol. The van der Waals surface area contributed by atoms with E-state index >= 15 is 0 Å². The average molecular weight is 540 g/mol. The van der Waals surface area contributed by atoms with Crippen molar-refractivity contribution in [3.05, 3.63) is 58.7 Å². The lowest BCUT2D eigenvalue weighted by Gasteiger charge is -2.27. The van der Waals surface area contributed by atoms with Crippen molar-refractivity contribution in [2.75, 3.05) is 60.1 Å². The Balaban J connectivity index is 1.15. The maximum absolute atomic E-state index is 13.7. The lowest BCUT2D eigenvalue weighted by molar-refractivity contribution is -0.131. The van der Waals surface area contributed by atoms with Gasteiger partial charge in [-0.3, -0.25) is 4.79 Å². The van der Waals surface area contributed by atoms with Crippen LogP contribution >= 0.6 is 0 Å². The fraction of sp³-hybridized carbons (Fsp3) is 0.464. The number of hydrogen-bond acceptors (Lipinski definition) is 7. The van der Waals surface area contributed by atoms with E-state index in [2.05, 4.69) is 11.4 Å². The van der Waals surface area contributed by atoms with Crippen molar-refractivity contribution >= 4 is 15.9 Å². The largest absolute Gasteiger partial charge is 0.496 e. The van der Waals surface area contributed by atoms with Gasteiger partial charge in [0.2, 0.25) is 15.9 Å². The Morgan fingerprint density at radius 2 is 1.74 bits per heavy atom. The van der Waals surface area contributed by atoms with Gasteiger partial charge in [-0.1, -0.05) is 12.1 Å². The van der Waals surface area contributed by atoms with Gasteiger partial charge in [0.05, 0.1) is 17.9 Å². The van der Waals surface area contributed by atoms with Crippen LogP contribution in [-0.2, 0) is 14.8 Å². The van der Waals surface area contributed by atoms with E-state index in [9.17, 15) is 13.2 Å². The number of sulfonamides is 1. The highest BCUT2D eigenvalue weighted by atomic mass is 32.2. The number of fused-ring (bicyclic) bond motifs is 1. The molecule has 4 aliphatic rings. The summed E-state index contributed by atoms with van der Waals surface area (Å²) in [6.07, 6.45) is 2.30. The van der Waals surface area contributed by atoms with Gasteiger partial charge in [-0.2, -0.15) is 4.31 Å². The number of nitrogens with one attached hydrogen (secondary N) is 1. The fourth-order valence-electron chi connectivity index (χ4n) is 5.66. The van der Waals surface area contributed by atoms with E-state index in [1.165, 1.54) is 15.9 Å². The number of carbonyl (C=O) groups excluding carboxylic acids is 1. The zero-order chi connectivity index (χ0) is 26.4. The maximum atomic E-state index is 13.7. The first kappa shape index (κ1) is 25.2. The molecule has 1 saturated carbocycles. The third kappa shape index (κ3) is 4.54. The minimum atomic E-state index is -3.70. The molecule has 0 aromatic heterocycles. The molecule has 2 aromatic carbocycles. The molecule has 38 heavy (non-hydrogen) atoms. The number of benzene rings is 2. The van der Waals surface area contributed by atoms with E-state index in [0.29, 0.717) is 63.4 Å². The van der Waals surface area contributed by atoms with Crippen LogP contribution in [0.2, 0.25) is 0 Å². The van der Waals surface area contributed by atoms with Crippen molar-refractivity contribution in [3.8, 4) is 17.2 Å². The van der Waals surface area contributed by atoms with Crippen molar-refractivity contribution in [2.24, 2.45) is 0 Å². The van der Waals surface area contributed by atoms with Crippen molar-refractivity contribution in [2.45, 2.75) is 29.6 Å². The van der Waals surface area contributed by atoms with Crippen LogP contribution in [0, 0.1) is 0 Å². The van der Waals surface area contributed by atoms with Gasteiger partial charge in [-0.05, 0) is 66.3 Å². The molecule has 1 amide bonds. The van der Waals surface area contributed by atoms with Crippen molar-refractivity contribution in [1.29, 1.82) is 0 Å². The van der Waals surface area contributed by atoms with Gasteiger partial charge >= 0.3 is 0 Å². The minimum Gasteiger partial charge on any atom is -0.496 e. The summed E-state index contributed by atoms with van der Waals surface area (Å²) in [5.41, 5.74) is 4.19. The van der Waals surface area contributed by atoms with Gasteiger partial charge in [-0.25, -0.2) is 8.42 Å². The first-order valence-corrected chi connectivity index (χ1v) is 14.5. The minimum absolute atomic E-state index is 0.0573. The smallest absolute Gasteiger partial charge is 0.243 e. The number of nitrogens with zero attached hydrogens (tertiary/aromatic N) is 2. The van der Waals surface area contributed by atoms with Crippen LogP contribution < -0.4 is 19.5 Å². The van der Waals surface area contributed by atoms with Crippen LogP contribution in [-0.4, -0.2) is 83.6 Å². The summed E-state index contributed by atoms with van der Waals surface area (Å²) < 4.78 is 44.9. The van der Waals surface area contributed by atoms with E-state index in [-0.39, 0.29) is 16.7 Å². The van der Waals surface area contributed by atoms with E-state index < -0.39 is 10.0 Å². The van der Waals surface area contributed by atoms with Gasteiger partial charge in [-0.15, -0.1) is 0 Å². The van der Waals surface area contributed by atoms with Gasteiger partial charge < -0.3 is 24.4 Å². The Morgan fingerprint density at radius 1 is 1.03 bits per heavy atom. The summed E-state index contributed by atoms with van der Waals surface area (Å²) in [6.45, 7) is 2.86. The molecule has 2 aromatic rings. The quantitative estimate of drug-likeness (QED) is 0.515. The summed E-state index contributed by atoms with van der Waals surface area (Å²) >= 11 is 0. The van der Waals surface area contributed by atoms with Crippen LogP contribution in [0.25, 0.3) is 0 Å². The number of methoxy groups -OCH3 is 1. The molecule has 0 saturated heterocycles. The van der Waals surface area contributed by atoms with Gasteiger partial charge in [0.1, 0.15) is 19.0 Å². The van der Waals surface area contributed by atoms with Crippen LogP contribution in [0.4, 0.5) is 0 Å². The number of carbonyl (C=O) groups is 1. The zero-order valence-corrected chi connectivity index (χ0v) is 22.6. The monoisotopic (exact) mass is 539 g/mol. The van der Waals surface area contributed by atoms with E-state index in [1.54, 1.807) is 19.2 Å². The lowest BCUT2D eigenvalue weighted by atomic mass is 9.94. The third-order valence-electron chi connectivity index (χ3n) is 7.84. The molecule has 1 unspecified atom stereocenters. The van der Waals surface area contributed by atoms with Crippen molar-refractivity contribution in [3.63, 3.8) is 0 Å². The molecule has 10 heteroatoms. The third-order valence-corrected chi connectivity index (χ3v) is 9.63. The second-order valence-electron chi connectivity index (χ2n) is 10.4. The Morgan fingerprint density at radius 3 is 2.39 bits per heavy atom. The number of likely N-dealkylation sites (N-methyl/N-ethyl adjacent to an activating group) is 1. The van der Waals surface area contributed by atoms with Crippen molar-refractivity contribution in [1.82, 2.24) is 14.5 Å². The zero-order valence-electron chi connectivity index (χ0n) is 21.7. The summed E-state index contributed by atoms with van der Waals surface area (Å²) in [4.78, 5) is 15.8. The summed E-state index contributed by atoms with van der Waals surface area (Å²) in [6, 6.07) is 10.8. The van der Waals surface area contributed by atoms with Crippen LogP contribution in [0.3, 0.4) is 0 Å². The molecule has 3 heterocycles. The molecule has 6 rings (SSSR count). The SMILES string of the molecule is CNCC(C(=O)N1CC2=C(C1)CN(S(=O)(=O)c1ccc3c(c1)OCCO3)C2)c1ccc(OC)c(C2CC2)c1. The molecular formula is C28H33N3O6S.